The van der Waals surface area contributed by atoms with Crippen molar-refractivity contribution in [2.75, 3.05) is 6.54 Å². The molecule has 0 saturated heterocycles. The van der Waals surface area contributed by atoms with Crippen LogP contribution in [0, 0.1) is 13.8 Å². The van der Waals surface area contributed by atoms with Gasteiger partial charge in [0, 0.05) is 5.56 Å². The van der Waals surface area contributed by atoms with Gasteiger partial charge in [0.25, 0.3) is 0 Å². The fourth-order valence-corrected chi connectivity index (χ4v) is 2.99. The number of furan rings is 1. The highest BCUT2D eigenvalue weighted by Gasteiger charge is 2.19. The Morgan fingerprint density at radius 1 is 1.10 bits per heavy atom. The van der Waals surface area contributed by atoms with E-state index < -0.39 is 0 Å². The molecule has 2 nitrogen and oxygen atoms in total. The maximum atomic E-state index is 5.53. The van der Waals surface area contributed by atoms with Crippen molar-refractivity contribution in [2.45, 2.75) is 26.8 Å². The minimum absolute atomic E-state index is 0.165. The summed E-state index contributed by atoms with van der Waals surface area (Å²) in [6.07, 6.45) is 1.86. The van der Waals surface area contributed by atoms with Gasteiger partial charge in [-0.3, -0.25) is 0 Å². The minimum atomic E-state index is 0.165. The molecule has 0 aliphatic carbocycles. The molecule has 1 aromatic heterocycles. The predicted octanol–water partition coefficient (Wildman–Crippen LogP) is 4.75. The molecule has 2 aromatic carbocycles. The third-order valence-electron chi connectivity index (χ3n) is 3.97. The summed E-state index contributed by atoms with van der Waals surface area (Å²) < 4.78 is 5.53. The molecule has 21 heavy (non-hydrogen) atoms. The van der Waals surface area contributed by atoms with Crippen LogP contribution in [0.25, 0.3) is 10.8 Å². The van der Waals surface area contributed by atoms with Crippen molar-refractivity contribution >= 4 is 10.8 Å². The lowest BCUT2D eigenvalue weighted by Crippen LogP contribution is -2.22. The van der Waals surface area contributed by atoms with E-state index in [0.29, 0.717) is 0 Å². The number of nitrogens with one attached hydrogen (secondary N) is 1. The van der Waals surface area contributed by atoms with Gasteiger partial charge in [0.1, 0.15) is 5.76 Å². The number of rotatable bonds is 4. The Labute approximate surface area is 125 Å². The molecular weight excluding hydrogens is 258 g/mol. The first kappa shape index (κ1) is 13.9. The molecule has 0 fully saturated rings. The van der Waals surface area contributed by atoms with Crippen molar-refractivity contribution in [2.24, 2.45) is 0 Å². The van der Waals surface area contributed by atoms with Crippen LogP contribution < -0.4 is 5.32 Å². The Morgan fingerprint density at radius 3 is 2.62 bits per heavy atom. The first-order valence-electron chi connectivity index (χ1n) is 7.47. The van der Waals surface area contributed by atoms with Crippen LogP contribution in [-0.4, -0.2) is 6.54 Å². The maximum absolute atomic E-state index is 5.53. The van der Waals surface area contributed by atoms with Crippen LogP contribution in [0.1, 0.15) is 35.4 Å². The third kappa shape index (κ3) is 2.59. The molecular formula is C19H21NO. The number of hydrogen-bond acceptors (Lipinski definition) is 2. The largest absolute Gasteiger partial charge is 0.469 e. The summed E-state index contributed by atoms with van der Waals surface area (Å²) in [6.45, 7) is 7.22. The molecule has 0 amide bonds. The van der Waals surface area contributed by atoms with Gasteiger partial charge in [-0.25, -0.2) is 0 Å². The lowest BCUT2D eigenvalue weighted by Gasteiger charge is -2.21. The predicted molar refractivity (Wildman–Crippen MR) is 87.6 cm³/mol. The molecule has 0 aliphatic rings. The van der Waals surface area contributed by atoms with Gasteiger partial charge in [-0.15, -0.1) is 0 Å². The molecule has 0 bridgehead atoms. The molecule has 0 aliphatic heterocycles. The molecule has 3 rings (SSSR count). The van der Waals surface area contributed by atoms with E-state index in [9.17, 15) is 0 Å². The fraction of sp³-hybridized carbons (Fsp3) is 0.263. The summed E-state index contributed by atoms with van der Waals surface area (Å²) in [5, 5.41) is 6.19. The van der Waals surface area contributed by atoms with Crippen LogP contribution in [0.3, 0.4) is 0 Å². The van der Waals surface area contributed by atoms with Gasteiger partial charge >= 0.3 is 0 Å². The van der Waals surface area contributed by atoms with Crippen molar-refractivity contribution in [1.29, 1.82) is 0 Å². The Hall–Kier alpha value is -2.06. The van der Waals surface area contributed by atoms with Crippen molar-refractivity contribution in [3.8, 4) is 0 Å². The molecule has 2 heteroatoms. The van der Waals surface area contributed by atoms with E-state index in [1.165, 1.54) is 27.5 Å². The monoisotopic (exact) mass is 279 g/mol. The Kier molecular flexibility index (Phi) is 3.80. The van der Waals surface area contributed by atoms with E-state index in [4.69, 9.17) is 4.42 Å². The highest BCUT2D eigenvalue weighted by atomic mass is 16.3. The summed E-state index contributed by atoms with van der Waals surface area (Å²) in [6, 6.07) is 15.2. The van der Waals surface area contributed by atoms with Crippen molar-refractivity contribution in [3.05, 3.63) is 71.2 Å². The van der Waals surface area contributed by atoms with Crippen molar-refractivity contribution < 1.29 is 4.42 Å². The second-order valence-corrected chi connectivity index (χ2v) is 5.50. The van der Waals surface area contributed by atoms with E-state index >= 15 is 0 Å². The number of aryl methyl sites for hydroxylation is 2. The van der Waals surface area contributed by atoms with Gasteiger partial charge in [-0.05, 0) is 48.4 Å². The fourth-order valence-electron chi connectivity index (χ4n) is 2.99. The summed E-state index contributed by atoms with van der Waals surface area (Å²) in [5.74, 6) is 0.950. The summed E-state index contributed by atoms with van der Waals surface area (Å²) in [4.78, 5) is 0. The topological polar surface area (TPSA) is 25.2 Å². The van der Waals surface area contributed by atoms with Crippen LogP contribution in [0.4, 0.5) is 0 Å². The van der Waals surface area contributed by atoms with Gasteiger partial charge in [-0.1, -0.05) is 43.3 Å². The second-order valence-electron chi connectivity index (χ2n) is 5.50. The first-order chi connectivity index (χ1) is 10.2. The lowest BCUT2D eigenvalue weighted by molar-refractivity contribution is 0.526. The molecule has 0 saturated carbocycles. The van der Waals surface area contributed by atoms with Crippen molar-refractivity contribution in [3.63, 3.8) is 0 Å². The van der Waals surface area contributed by atoms with Crippen LogP contribution >= 0.6 is 0 Å². The van der Waals surface area contributed by atoms with E-state index in [2.05, 4.69) is 61.6 Å². The average Bonchev–Trinajstić information content (AvgIpc) is 2.92. The Balaban J connectivity index is 2.21. The summed E-state index contributed by atoms with van der Waals surface area (Å²) >= 11 is 0. The Bertz CT molecular complexity index is 757. The molecule has 1 unspecified atom stereocenters. The zero-order chi connectivity index (χ0) is 14.8. The summed E-state index contributed by atoms with van der Waals surface area (Å²) in [5.41, 5.74) is 3.84. The number of hydrogen-bond donors (Lipinski definition) is 1. The average molecular weight is 279 g/mol. The van der Waals surface area contributed by atoms with Crippen LogP contribution in [0.2, 0.25) is 0 Å². The normalized spacial score (nSPS) is 12.7. The second kappa shape index (κ2) is 5.74. The highest BCUT2D eigenvalue weighted by Crippen LogP contribution is 2.32. The van der Waals surface area contributed by atoms with Gasteiger partial charge in [0.15, 0.2) is 0 Å². The molecule has 108 valence electrons. The zero-order valence-corrected chi connectivity index (χ0v) is 12.8. The molecule has 1 atom stereocenters. The van der Waals surface area contributed by atoms with Crippen LogP contribution in [0.5, 0.6) is 0 Å². The standard InChI is InChI=1S/C19H21NO/c1-4-20-19(16-11-14(3)21-12-16)18-13(2)9-10-15-7-5-6-8-17(15)18/h5-12,19-20H,4H2,1-3H3. The number of fused-ring (bicyclic) bond motifs is 1. The highest BCUT2D eigenvalue weighted by molar-refractivity contribution is 5.87. The van der Waals surface area contributed by atoms with Gasteiger partial charge in [0.05, 0.1) is 12.3 Å². The van der Waals surface area contributed by atoms with Crippen molar-refractivity contribution in [1.82, 2.24) is 5.32 Å². The smallest absolute Gasteiger partial charge is 0.101 e. The third-order valence-corrected chi connectivity index (χ3v) is 3.97. The van der Waals surface area contributed by atoms with E-state index in [0.717, 1.165) is 12.3 Å². The number of benzene rings is 2. The van der Waals surface area contributed by atoms with Crippen LogP contribution in [-0.2, 0) is 0 Å². The molecule has 0 spiro atoms. The Morgan fingerprint density at radius 2 is 1.90 bits per heavy atom. The summed E-state index contributed by atoms with van der Waals surface area (Å²) in [7, 11) is 0. The molecule has 1 heterocycles. The van der Waals surface area contributed by atoms with E-state index in [-0.39, 0.29) is 6.04 Å². The quantitative estimate of drug-likeness (QED) is 0.745. The van der Waals surface area contributed by atoms with E-state index in [1.807, 2.05) is 13.2 Å². The van der Waals surface area contributed by atoms with E-state index in [1.54, 1.807) is 0 Å². The minimum Gasteiger partial charge on any atom is -0.469 e. The zero-order valence-electron chi connectivity index (χ0n) is 12.8. The van der Waals surface area contributed by atoms with Gasteiger partial charge < -0.3 is 9.73 Å². The molecule has 0 radical (unpaired) electrons. The van der Waals surface area contributed by atoms with Gasteiger partial charge in [-0.2, -0.15) is 0 Å². The molecule has 3 aromatic rings. The SMILES string of the molecule is CCNC(c1coc(C)c1)c1c(C)ccc2ccccc12. The van der Waals surface area contributed by atoms with Crippen LogP contribution in [0.15, 0.2) is 53.1 Å². The van der Waals surface area contributed by atoms with Gasteiger partial charge in [0.2, 0.25) is 0 Å². The first-order valence-corrected chi connectivity index (χ1v) is 7.47. The lowest BCUT2D eigenvalue weighted by atomic mass is 9.91. The maximum Gasteiger partial charge on any atom is 0.101 e. The molecule has 1 N–H and O–H groups in total.